The van der Waals surface area contributed by atoms with Gasteiger partial charge in [0.15, 0.2) is 0 Å². The summed E-state index contributed by atoms with van der Waals surface area (Å²) in [5.74, 6) is 0. The number of para-hydroxylation sites is 1. The van der Waals surface area contributed by atoms with Gasteiger partial charge >= 0.3 is 0 Å². The third-order valence-electron chi connectivity index (χ3n) is 8.83. The highest BCUT2D eigenvalue weighted by Crippen LogP contribution is 2.51. The Labute approximate surface area is 260 Å². The van der Waals surface area contributed by atoms with E-state index in [1.165, 1.54) is 66.2 Å². The molecule has 0 amide bonds. The van der Waals surface area contributed by atoms with Crippen LogP contribution in [0.4, 0.5) is 17.1 Å². The van der Waals surface area contributed by atoms with E-state index in [1.807, 2.05) is 0 Å². The smallest absolute Gasteiger partial charge is 0.0468 e. The first-order valence-electron chi connectivity index (χ1n) is 15.6. The van der Waals surface area contributed by atoms with E-state index in [2.05, 4.69) is 171 Å². The number of rotatable bonds is 5. The van der Waals surface area contributed by atoms with Gasteiger partial charge in [0, 0.05) is 17.1 Å². The molecule has 0 aromatic heterocycles. The van der Waals surface area contributed by atoms with Crippen molar-refractivity contribution in [3.05, 3.63) is 151 Å². The molecule has 212 valence electrons. The van der Waals surface area contributed by atoms with Gasteiger partial charge in [-0.15, -0.1) is 0 Å². The highest BCUT2D eigenvalue weighted by atomic mass is 15.1. The summed E-state index contributed by atoms with van der Waals surface area (Å²) in [4.78, 5) is 2.37. The molecule has 0 saturated heterocycles. The minimum Gasteiger partial charge on any atom is -0.310 e. The van der Waals surface area contributed by atoms with E-state index in [1.54, 1.807) is 0 Å². The van der Waals surface area contributed by atoms with Crippen molar-refractivity contribution >= 4 is 38.6 Å². The van der Waals surface area contributed by atoms with Crippen LogP contribution >= 0.6 is 0 Å². The molecule has 0 atom stereocenters. The number of anilines is 3. The summed E-state index contributed by atoms with van der Waals surface area (Å²) in [5.41, 5.74) is 13.0. The van der Waals surface area contributed by atoms with Crippen molar-refractivity contribution in [3.8, 4) is 33.4 Å². The van der Waals surface area contributed by atoms with Crippen molar-refractivity contribution in [3.63, 3.8) is 0 Å². The molecule has 0 fully saturated rings. The Morgan fingerprint density at radius 2 is 0.909 bits per heavy atom. The van der Waals surface area contributed by atoms with Gasteiger partial charge in [-0.2, -0.15) is 0 Å². The van der Waals surface area contributed by atoms with Crippen LogP contribution in [-0.2, 0) is 6.42 Å². The first-order chi connectivity index (χ1) is 21.4. The minimum atomic E-state index is 0.260. The van der Waals surface area contributed by atoms with E-state index >= 15 is 0 Å². The highest BCUT2D eigenvalue weighted by Gasteiger charge is 2.24. The van der Waals surface area contributed by atoms with Crippen LogP contribution in [0.5, 0.6) is 0 Å². The van der Waals surface area contributed by atoms with Crippen LogP contribution in [0.1, 0.15) is 26.3 Å². The first-order valence-corrected chi connectivity index (χ1v) is 15.6. The molecule has 1 heteroatoms. The van der Waals surface area contributed by atoms with Crippen LogP contribution < -0.4 is 4.90 Å². The lowest BCUT2D eigenvalue weighted by atomic mass is 9.77. The molecule has 1 aliphatic carbocycles. The maximum atomic E-state index is 2.39. The summed E-state index contributed by atoms with van der Waals surface area (Å²) < 4.78 is 0. The van der Waals surface area contributed by atoms with E-state index in [-0.39, 0.29) is 5.41 Å². The average Bonchev–Trinajstić information content (AvgIpc) is 3.04. The fraction of sp³-hybridized carbons (Fsp3) is 0.116. The van der Waals surface area contributed by atoms with Gasteiger partial charge in [-0.3, -0.25) is 0 Å². The zero-order valence-corrected chi connectivity index (χ0v) is 25.5. The van der Waals surface area contributed by atoms with E-state index in [0.29, 0.717) is 0 Å². The summed E-state index contributed by atoms with van der Waals surface area (Å²) in [6, 6.07) is 53.6. The van der Waals surface area contributed by atoms with Crippen LogP contribution in [0.2, 0.25) is 0 Å². The van der Waals surface area contributed by atoms with Gasteiger partial charge in [0.2, 0.25) is 0 Å². The van der Waals surface area contributed by atoms with Gasteiger partial charge in [-0.1, -0.05) is 99.6 Å². The number of fused-ring (bicyclic) bond motifs is 6. The third kappa shape index (κ3) is 4.75. The van der Waals surface area contributed by atoms with Crippen molar-refractivity contribution in [1.29, 1.82) is 0 Å². The van der Waals surface area contributed by atoms with Gasteiger partial charge in [0.05, 0.1) is 0 Å². The number of hydrogen-bond acceptors (Lipinski definition) is 1. The van der Waals surface area contributed by atoms with Gasteiger partial charge < -0.3 is 4.90 Å². The Balaban J connectivity index is 1.19. The lowest BCUT2D eigenvalue weighted by Crippen LogP contribution is -2.11. The van der Waals surface area contributed by atoms with Crippen LogP contribution in [0.3, 0.4) is 0 Å². The molecule has 0 unspecified atom stereocenters. The molecule has 0 saturated carbocycles. The largest absolute Gasteiger partial charge is 0.310 e. The average molecular weight is 566 g/mol. The molecular weight excluding hydrogens is 530 g/mol. The standard InChI is InChI=1S/C43H35N/c1-43(2,3)28-29-14-19-37(20-15-29)44(36-12-8-5-9-13-36)38-21-18-33-25-40-39-24-32-17-16-31(30-10-6-4-7-11-30)22-34(32)26-41(39)42(40)27-35(33)23-38/h4-27H,28H2,1-3H3. The number of hydrogen-bond donors (Lipinski definition) is 0. The van der Waals surface area contributed by atoms with E-state index in [0.717, 1.165) is 17.8 Å². The monoisotopic (exact) mass is 565 g/mol. The second kappa shape index (κ2) is 10.2. The summed E-state index contributed by atoms with van der Waals surface area (Å²) >= 11 is 0. The first kappa shape index (κ1) is 26.5. The Bertz CT molecular complexity index is 2150. The topological polar surface area (TPSA) is 3.24 Å². The minimum absolute atomic E-state index is 0.260. The van der Waals surface area contributed by atoms with Gasteiger partial charge in [0.1, 0.15) is 0 Å². The molecular formula is C43H35N. The zero-order chi connectivity index (χ0) is 29.8. The Kier molecular flexibility index (Phi) is 6.17. The maximum absolute atomic E-state index is 2.39. The lowest BCUT2D eigenvalue weighted by Gasteiger charge is -2.28. The number of benzene rings is 7. The Morgan fingerprint density at radius 3 is 1.52 bits per heavy atom. The van der Waals surface area contributed by atoms with Gasteiger partial charge in [-0.05, 0) is 139 Å². The molecule has 0 radical (unpaired) electrons. The quantitative estimate of drug-likeness (QED) is 0.201. The van der Waals surface area contributed by atoms with Crippen molar-refractivity contribution in [2.75, 3.05) is 4.90 Å². The highest BCUT2D eigenvalue weighted by molar-refractivity contribution is 6.12. The molecule has 8 rings (SSSR count). The van der Waals surface area contributed by atoms with Crippen LogP contribution in [0.25, 0.3) is 54.9 Å². The van der Waals surface area contributed by atoms with E-state index < -0.39 is 0 Å². The summed E-state index contributed by atoms with van der Waals surface area (Å²) in [7, 11) is 0. The van der Waals surface area contributed by atoms with Crippen molar-refractivity contribution < 1.29 is 0 Å². The SMILES string of the molecule is CC(C)(C)Cc1ccc(N(c2ccccc2)c2ccc3cc4c(cc3c2)-c2cc3cc(-c5ccccc5)ccc3cc2-4)cc1. The summed E-state index contributed by atoms with van der Waals surface area (Å²) in [5, 5.41) is 5.10. The van der Waals surface area contributed by atoms with E-state index in [4.69, 9.17) is 0 Å². The molecule has 0 N–H and O–H groups in total. The fourth-order valence-electron chi connectivity index (χ4n) is 6.76. The molecule has 7 aromatic rings. The van der Waals surface area contributed by atoms with E-state index in [9.17, 15) is 0 Å². The molecule has 0 bridgehead atoms. The molecule has 44 heavy (non-hydrogen) atoms. The van der Waals surface area contributed by atoms with Crippen molar-refractivity contribution in [2.24, 2.45) is 5.41 Å². The lowest BCUT2D eigenvalue weighted by molar-refractivity contribution is 0.411. The Hall–Kier alpha value is -5.14. The molecule has 7 aromatic carbocycles. The third-order valence-corrected chi connectivity index (χ3v) is 8.83. The second-order valence-electron chi connectivity index (χ2n) is 13.3. The van der Waals surface area contributed by atoms with Crippen LogP contribution in [0, 0.1) is 5.41 Å². The van der Waals surface area contributed by atoms with Gasteiger partial charge in [-0.25, -0.2) is 0 Å². The normalized spacial score (nSPS) is 12.1. The predicted molar refractivity (Wildman–Crippen MR) is 189 cm³/mol. The zero-order valence-electron chi connectivity index (χ0n) is 25.5. The van der Waals surface area contributed by atoms with Crippen molar-refractivity contribution in [2.45, 2.75) is 27.2 Å². The molecule has 0 aliphatic heterocycles. The molecule has 0 heterocycles. The second-order valence-corrected chi connectivity index (χ2v) is 13.3. The maximum Gasteiger partial charge on any atom is 0.0468 e. The van der Waals surface area contributed by atoms with Crippen LogP contribution in [-0.4, -0.2) is 0 Å². The summed E-state index contributed by atoms with van der Waals surface area (Å²) in [6.07, 6.45) is 1.06. The predicted octanol–water partition coefficient (Wildman–Crippen LogP) is 12.4. The molecule has 0 spiro atoms. The number of nitrogens with zero attached hydrogens (tertiary/aromatic N) is 1. The summed E-state index contributed by atoms with van der Waals surface area (Å²) in [6.45, 7) is 6.89. The fourth-order valence-corrected chi connectivity index (χ4v) is 6.76. The van der Waals surface area contributed by atoms with Crippen molar-refractivity contribution in [1.82, 2.24) is 0 Å². The van der Waals surface area contributed by atoms with Crippen LogP contribution in [0.15, 0.2) is 146 Å². The molecule has 1 aliphatic rings. The molecule has 1 nitrogen and oxygen atoms in total. The Morgan fingerprint density at radius 1 is 0.409 bits per heavy atom. The van der Waals surface area contributed by atoms with Gasteiger partial charge in [0.25, 0.3) is 0 Å².